The fourth-order valence-electron chi connectivity index (χ4n) is 7.86. The van der Waals surface area contributed by atoms with E-state index in [4.69, 9.17) is 13.8 Å². The highest BCUT2D eigenvalue weighted by Gasteiger charge is 2.27. The van der Waals surface area contributed by atoms with Gasteiger partial charge in [-0.2, -0.15) is 0 Å². The lowest BCUT2D eigenvalue weighted by molar-refractivity contribution is -0.870. The number of phosphoric acid groups is 1. The molecule has 0 aromatic carbocycles. The normalized spacial score (nSPS) is 14.2. The van der Waals surface area contributed by atoms with Crippen LogP contribution < -0.4 is 10.2 Å². The molecular weight excluding hydrogens is 856 g/mol. The number of hydrogen-bond acceptors (Lipinski definition) is 7. The van der Waals surface area contributed by atoms with Gasteiger partial charge in [0.2, 0.25) is 5.91 Å². The Bertz CT molecular complexity index is 1290. The van der Waals surface area contributed by atoms with Crippen molar-refractivity contribution in [1.82, 2.24) is 5.32 Å². The Morgan fingerprint density at radius 1 is 0.522 bits per heavy atom. The lowest BCUT2D eigenvalue weighted by atomic mass is 10.0. The van der Waals surface area contributed by atoms with E-state index in [0.29, 0.717) is 23.9 Å². The number of rotatable bonds is 50. The summed E-state index contributed by atoms with van der Waals surface area (Å²) in [5.41, 5.74) is 0. The highest BCUT2D eigenvalue weighted by Crippen LogP contribution is 2.38. The van der Waals surface area contributed by atoms with Gasteiger partial charge in [-0.1, -0.05) is 205 Å². The second-order valence-corrected chi connectivity index (χ2v) is 21.5. The van der Waals surface area contributed by atoms with Crippen molar-refractivity contribution < 1.29 is 37.3 Å². The molecule has 3 atom stereocenters. The van der Waals surface area contributed by atoms with Gasteiger partial charge in [-0.3, -0.25) is 14.2 Å². The van der Waals surface area contributed by atoms with Gasteiger partial charge in [0.05, 0.1) is 33.8 Å². The molecule has 67 heavy (non-hydrogen) atoms. The van der Waals surface area contributed by atoms with Crippen LogP contribution in [0.1, 0.15) is 252 Å². The van der Waals surface area contributed by atoms with Gasteiger partial charge in [-0.05, 0) is 83.1 Å². The van der Waals surface area contributed by atoms with Gasteiger partial charge in [0.1, 0.15) is 19.3 Å². The third-order valence-electron chi connectivity index (χ3n) is 12.3. The molecule has 0 radical (unpaired) electrons. The molecule has 0 saturated heterocycles. The number of carbonyl (C=O) groups excluding carboxylic acids is 2. The maximum atomic E-state index is 13.5. The van der Waals surface area contributed by atoms with Gasteiger partial charge >= 0.3 is 5.97 Å². The first-order valence-electron chi connectivity index (χ1n) is 28.0. The molecule has 392 valence electrons. The summed E-state index contributed by atoms with van der Waals surface area (Å²) in [6.07, 6.45) is 56.4. The van der Waals surface area contributed by atoms with Crippen LogP contribution in [0.2, 0.25) is 0 Å². The number of likely N-dealkylation sites (N-methyl/N-ethyl adjacent to an activating group) is 1. The monoisotopic (exact) mass is 963 g/mol. The minimum absolute atomic E-state index is 0.0270. The van der Waals surface area contributed by atoms with Crippen molar-refractivity contribution in [3.8, 4) is 0 Å². The predicted octanol–water partition coefficient (Wildman–Crippen LogP) is 15.9. The second-order valence-electron chi connectivity index (χ2n) is 20.1. The van der Waals surface area contributed by atoms with Crippen LogP contribution in [0.3, 0.4) is 0 Å². The average Bonchev–Trinajstić information content (AvgIpc) is 3.28. The number of hydrogen-bond donors (Lipinski definition) is 1. The molecule has 0 saturated carbocycles. The van der Waals surface area contributed by atoms with Crippen molar-refractivity contribution in [2.24, 2.45) is 0 Å². The Labute approximate surface area is 414 Å². The number of quaternary nitrogens is 1. The minimum Gasteiger partial charge on any atom is -0.756 e. The zero-order valence-corrected chi connectivity index (χ0v) is 45.5. The lowest BCUT2D eigenvalue weighted by Crippen LogP contribution is -2.47. The maximum Gasteiger partial charge on any atom is 0.306 e. The lowest BCUT2D eigenvalue weighted by Gasteiger charge is -2.30. The zero-order chi connectivity index (χ0) is 49.4. The van der Waals surface area contributed by atoms with Crippen molar-refractivity contribution in [1.29, 1.82) is 0 Å². The Kier molecular flexibility index (Phi) is 46.2. The average molecular weight is 963 g/mol. The number of allylic oxidation sites excluding steroid dienone is 7. The summed E-state index contributed by atoms with van der Waals surface area (Å²) >= 11 is 0. The van der Waals surface area contributed by atoms with E-state index in [0.717, 1.165) is 96.3 Å². The summed E-state index contributed by atoms with van der Waals surface area (Å²) in [5, 5.41) is 3.01. The molecule has 0 aliphatic rings. The van der Waals surface area contributed by atoms with Crippen molar-refractivity contribution >= 4 is 19.7 Å². The second kappa shape index (κ2) is 47.6. The Morgan fingerprint density at radius 3 is 1.40 bits per heavy atom. The molecule has 1 amide bonds. The molecular formula is C57H107N2O7P. The van der Waals surface area contributed by atoms with Gasteiger partial charge in [-0.25, -0.2) is 0 Å². The van der Waals surface area contributed by atoms with Crippen LogP contribution in [0.4, 0.5) is 0 Å². The third-order valence-corrected chi connectivity index (χ3v) is 13.2. The number of carbonyl (C=O) groups is 2. The van der Waals surface area contributed by atoms with E-state index in [-0.39, 0.29) is 24.9 Å². The summed E-state index contributed by atoms with van der Waals surface area (Å²) in [6.45, 7) is 6.78. The minimum atomic E-state index is -4.70. The van der Waals surface area contributed by atoms with E-state index in [1.807, 2.05) is 33.3 Å². The number of nitrogens with one attached hydrogen (secondary N) is 1. The van der Waals surface area contributed by atoms with Gasteiger partial charge < -0.3 is 28.5 Å². The summed E-state index contributed by atoms with van der Waals surface area (Å²) in [7, 11) is 1.17. The Balaban J connectivity index is 5.44. The van der Waals surface area contributed by atoms with Gasteiger partial charge in [0.25, 0.3) is 7.82 Å². The zero-order valence-electron chi connectivity index (χ0n) is 44.6. The molecule has 10 heteroatoms. The summed E-state index contributed by atoms with van der Waals surface area (Å²) in [4.78, 5) is 39.8. The number of unbranched alkanes of at least 4 members (excludes halogenated alkanes) is 29. The van der Waals surface area contributed by atoms with Crippen molar-refractivity contribution in [3.05, 3.63) is 48.6 Å². The van der Waals surface area contributed by atoms with Gasteiger partial charge in [0.15, 0.2) is 0 Å². The molecule has 0 aromatic heterocycles. The fourth-order valence-corrected chi connectivity index (χ4v) is 8.58. The van der Waals surface area contributed by atoms with Gasteiger partial charge in [-0.15, -0.1) is 0 Å². The van der Waals surface area contributed by atoms with Crippen LogP contribution in [0.15, 0.2) is 48.6 Å². The first-order valence-corrected chi connectivity index (χ1v) is 29.4. The van der Waals surface area contributed by atoms with E-state index in [1.54, 1.807) is 0 Å². The number of phosphoric ester groups is 1. The molecule has 0 aromatic rings. The molecule has 3 unspecified atom stereocenters. The summed E-state index contributed by atoms with van der Waals surface area (Å²) < 4.78 is 30.2. The first kappa shape index (κ1) is 65.0. The highest BCUT2D eigenvalue weighted by molar-refractivity contribution is 7.45. The van der Waals surface area contributed by atoms with Crippen LogP contribution in [0, 0.1) is 0 Å². The molecule has 0 fully saturated rings. The smallest absolute Gasteiger partial charge is 0.306 e. The van der Waals surface area contributed by atoms with Crippen LogP contribution in [0.25, 0.3) is 0 Å². The number of amides is 1. The van der Waals surface area contributed by atoms with E-state index >= 15 is 0 Å². The Hall–Kier alpha value is -2.03. The third kappa shape index (κ3) is 48.8. The van der Waals surface area contributed by atoms with E-state index in [1.165, 1.54) is 116 Å². The molecule has 0 spiro atoms. The van der Waals surface area contributed by atoms with E-state index < -0.39 is 26.6 Å². The van der Waals surface area contributed by atoms with E-state index in [2.05, 4.69) is 62.5 Å². The maximum absolute atomic E-state index is 13.5. The first-order chi connectivity index (χ1) is 32.4. The van der Waals surface area contributed by atoms with Crippen LogP contribution in [-0.4, -0.2) is 69.4 Å². The number of nitrogens with zero attached hydrogens (tertiary/aromatic N) is 1. The quantitative estimate of drug-likeness (QED) is 0.0161. The molecule has 0 aliphatic carbocycles. The van der Waals surface area contributed by atoms with Crippen LogP contribution in [0.5, 0.6) is 0 Å². The topological polar surface area (TPSA) is 114 Å². The Morgan fingerprint density at radius 2 is 0.910 bits per heavy atom. The van der Waals surface area contributed by atoms with Gasteiger partial charge in [0, 0.05) is 12.8 Å². The fraction of sp³-hybridized carbons (Fsp3) is 0.825. The number of ether oxygens (including phenoxy) is 1. The summed E-state index contributed by atoms with van der Waals surface area (Å²) in [5.74, 6) is -0.571. The molecule has 9 nitrogen and oxygen atoms in total. The highest BCUT2D eigenvalue weighted by atomic mass is 31.2. The molecule has 0 bridgehead atoms. The predicted molar refractivity (Wildman–Crippen MR) is 284 cm³/mol. The largest absolute Gasteiger partial charge is 0.756 e. The molecule has 0 heterocycles. The molecule has 0 aliphatic heterocycles. The molecule has 1 N–H and O–H groups in total. The molecule has 0 rings (SSSR count). The van der Waals surface area contributed by atoms with Crippen molar-refractivity contribution in [2.45, 2.75) is 264 Å². The van der Waals surface area contributed by atoms with E-state index in [9.17, 15) is 19.0 Å². The van der Waals surface area contributed by atoms with Crippen LogP contribution in [-0.2, 0) is 27.9 Å². The standard InChI is InChI=1S/C57H107N2O7P/c1-7-10-13-16-19-22-25-28-29-32-34-37-40-43-46-49-56(60)58-54(53-65-67(62,63)64-52-51-59(4,5)6)55(48-45-42-39-36-33-30-26-23-20-17-14-11-8-2)66-57(61)50-47-44-41-38-35-31-27-24-21-18-15-12-9-3/h19,22,25,28,31,35,45,48,54-55H,7-18,20-21,23-24,26-27,29-30,32-34,36-44,46-47,49-53H2,1-6H3,(H-,58,60,62,63)/b22-19+,28-25+,35-31-,48-45+. The number of esters is 1. The summed E-state index contributed by atoms with van der Waals surface area (Å²) in [6, 6.07) is -0.898. The van der Waals surface area contributed by atoms with Crippen molar-refractivity contribution in [3.63, 3.8) is 0 Å². The SMILES string of the molecule is CCCCC/C=C/C=C/CCCCCCCCC(=O)NC(COP(=O)([O-])OCC[N+](C)(C)C)C(/C=C/CCCCCCCCCCCCC)OC(=O)CCCCC/C=C\CCCCCCCC. The van der Waals surface area contributed by atoms with Crippen LogP contribution >= 0.6 is 7.82 Å². The van der Waals surface area contributed by atoms with Crippen molar-refractivity contribution in [2.75, 3.05) is 40.9 Å².